The van der Waals surface area contributed by atoms with Crippen molar-refractivity contribution < 1.29 is 4.74 Å². The Kier molecular flexibility index (Phi) is 5.87. The molecule has 1 aliphatic heterocycles. The highest BCUT2D eigenvalue weighted by atomic mass is 32.2. The minimum atomic E-state index is -0.354. The third-order valence-corrected chi connectivity index (χ3v) is 5.27. The number of fused-ring (bicyclic) bond motifs is 3. The van der Waals surface area contributed by atoms with E-state index in [0.717, 1.165) is 35.4 Å². The first-order valence-electron chi connectivity index (χ1n) is 9.47. The van der Waals surface area contributed by atoms with Crippen LogP contribution in [0.5, 0.6) is 5.88 Å². The predicted molar refractivity (Wildman–Crippen MR) is 114 cm³/mol. The maximum atomic E-state index is 6.18. The molecule has 0 aliphatic carbocycles. The normalized spacial score (nSPS) is 15.2. The SMILES string of the molecule is CCCCSc1nnc2c(n1)O[C@@H](/C=C\c1ccccc1)Nc1ccccc1-2. The molecule has 0 amide bonds. The Hall–Kier alpha value is -2.86. The quantitative estimate of drug-likeness (QED) is 0.457. The first kappa shape index (κ1) is 18.5. The lowest BCUT2D eigenvalue weighted by molar-refractivity contribution is 0.266. The van der Waals surface area contributed by atoms with E-state index in [1.165, 1.54) is 0 Å². The van der Waals surface area contributed by atoms with Gasteiger partial charge in [0, 0.05) is 17.0 Å². The fourth-order valence-electron chi connectivity index (χ4n) is 2.89. The topological polar surface area (TPSA) is 59.9 Å². The molecule has 142 valence electrons. The summed E-state index contributed by atoms with van der Waals surface area (Å²) in [6.07, 6.45) is 5.95. The van der Waals surface area contributed by atoms with Crippen molar-refractivity contribution in [2.24, 2.45) is 0 Å². The van der Waals surface area contributed by atoms with Crippen LogP contribution in [-0.4, -0.2) is 27.2 Å². The van der Waals surface area contributed by atoms with Crippen LogP contribution in [0.3, 0.4) is 0 Å². The van der Waals surface area contributed by atoms with E-state index in [0.29, 0.717) is 16.7 Å². The van der Waals surface area contributed by atoms with E-state index < -0.39 is 0 Å². The molecule has 0 spiro atoms. The molecule has 0 saturated carbocycles. The highest BCUT2D eigenvalue weighted by Crippen LogP contribution is 2.36. The Morgan fingerprint density at radius 1 is 1.07 bits per heavy atom. The van der Waals surface area contributed by atoms with Crippen molar-refractivity contribution in [3.63, 3.8) is 0 Å². The number of hydrogen-bond acceptors (Lipinski definition) is 6. The maximum Gasteiger partial charge on any atom is 0.247 e. The zero-order chi connectivity index (χ0) is 19.2. The van der Waals surface area contributed by atoms with Gasteiger partial charge in [-0.3, -0.25) is 0 Å². The summed E-state index contributed by atoms with van der Waals surface area (Å²) in [4.78, 5) is 4.64. The second-order valence-electron chi connectivity index (χ2n) is 6.45. The number of hydrogen-bond donors (Lipinski definition) is 1. The van der Waals surface area contributed by atoms with Gasteiger partial charge in [-0.05, 0) is 24.1 Å². The lowest BCUT2D eigenvalue weighted by Gasteiger charge is -2.15. The molecular weight excluding hydrogens is 368 g/mol. The number of nitrogens with zero attached hydrogens (tertiary/aromatic N) is 3. The van der Waals surface area contributed by atoms with Crippen molar-refractivity contribution in [2.75, 3.05) is 11.1 Å². The zero-order valence-electron chi connectivity index (χ0n) is 15.7. The van der Waals surface area contributed by atoms with E-state index in [9.17, 15) is 0 Å². The highest BCUT2D eigenvalue weighted by molar-refractivity contribution is 7.99. The average Bonchev–Trinajstić information content (AvgIpc) is 2.89. The van der Waals surface area contributed by atoms with Crippen LogP contribution in [0, 0.1) is 0 Å². The van der Waals surface area contributed by atoms with Crippen LogP contribution in [0.1, 0.15) is 25.3 Å². The number of anilines is 1. The third kappa shape index (κ3) is 4.34. The Balaban J connectivity index is 1.65. The van der Waals surface area contributed by atoms with Gasteiger partial charge in [-0.2, -0.15) is 4.98 Å². The molecule has 3 aromatic rings. The van der Waals surface area contributed by atoms with Gasteiger partial charge in [-0.15, -0.1) is 10.2 Å². The summed E-state index contributed by atoms with van der Waals surface area (Å²) in [5.41, 5.74) is 3.67. The fraction of sp³-hybridized carbons (Fsp3) is 0.227. The lowest BCUT2D eigenvalue weighted by Crippen LogP contribution is -2.23. The molecule has 1 N–H and O–H groups in total. The molecule has 5 nitrogen and oxygen atoms in total. The summed E-state index contributed by atoms with van der Waals surface area (Å²) in [5.74, 6) is 1.48. The summed E-state index contributed by atoms with van der Waals surface area (Å²) in [7, 11) is 0. The van der Waals surface area contributed by atoms with Crippen molar-refractivity contribution >= 4 is 23.5 Å². The second-order valence-corrected chi connectivity index (χ2v) is 7.51. The molecule has 2 heterocycles. The summed E-state index contributed by atoms with van der Waals surface area (Å²) < 4.78 is 6.18. The van der Waals surface area contributed by atoms with Crippen LogP contribution in [-0.2, 0) is 0 Å². The van der Waals surface area contributed by atoms with Gasteiger partial charge >= 0.3 is 0 Å². The third-order valence-electron chi connectivity index (χ3n) is 4.35. The van der Waals surface area contributed by atoms with Crippen LogP contribution in [0.2, 0.25) is 0 Å². The van der Waals surface area contributed by atoms with Crippen LogP contribution >= 0.6 is 11.8 Å². The molecule has 0 unspecified atom stereocenters. The van der Waals surface area contributed by atoms with Crippen molar-refractivity contribution in [3.8, 4) is 17.1 Å². The van der Waals surface area contributed by atoms with Gasteiger partial charge in [0.15, 0.2) is 11.9 Å². The van der Waals surface area contributed by atoms with Gasteiger partial charge in [0.2, 0.25) is 11.0 Å². The number of nitrogens with one attached hydrogen (secondary N) is 1. The molecule has 6 heteroatoms. The molecule has 28 heavy (non-hydrogen) atoms. The van der Waals surface area contributed by atoms with Crippen LogP contribution < -0.4 is 10.1 Å². The molecule has 1 atom stereocenters. The van der Waals surface area contributed by atoms with Gasteiger partial charge in [0.25, 0.3) is 0 Å². The van der Waals surface area contributed by atoms with E-state index >= 15 is 0 Å². The standard InChI is InChI=1S/C22H22N4OS/c1-2-3-15-28-22-24-21-20(25-26-22)17-11-7-8-12-18(17)23-19(27-21)14-13-16-9-5-4-6-10-16/h4-14,19,23H,2-3,15H2,1H3/b14-13-/t19-/m0/s1. The lowest BCUT2D eigenvalue weighted by atomic mass is 10.1. The monoisotopic (exact) mass is 390 g/mol. The first-order chi connectivity index (χ1) is 13.8. The van der Waals surface area contributed by atoms with E-state index in [1.54, 1.807) is 11.8 Å². The van der Waals surface area contributed by atoms with E-state index in [1.807, 2.05) is 54.6 Å². The van der Waals surface area contributed by atoms with Crippen LogP contribution in [0.15, 0.2) is 65.8 Å². The van der Waals surface area contributed by atoms with Crippen LogP contribution in [0.25, 0.3) is 17.3 Å². The smallest absolute Gasteiger partial charge is 0.247 e. The average molecular weight is 391 g/mol. The summed E-state index contributed by atoms with van der Waals surface area (Å²) in [6, 6.07) is 18.1. The van der Waals surface area contributed by atoms with Crippen molar-refractivity contribution in [1.29, 1.82) is 0 Å². The minimum Gasteiger partial charge on any atom is -0.448 e. The summed E-state index contributed by atoms with van der Waals surface area (Å²) in [6.45, 7) is 2.17. The van der Waals surface area contributed by atoms with Gasteiger partial charge in [-0.1, -0.05) is 79.7 Å². The minimum absolute atomic E-state index is 0.354. The number of para-hydroxylation sites is 1. The van der Waals surface area contributed by atoms with E-state index in [2.05, 4.69) is 39.6 Å². The van der Waals surface area contributed by atoms with Gasteiger partial charge in [0.1, 0.15) is 0 Å². The maximum absolute atomic E-state index is 6.18. The second kappa shape index (κ2) is 8.89. The zero-order valence-corrected chi connectivity index (χ0v) is 16.5. The number of benzene rings is 2. The molecule has 1 aliphatic rings. The highest BCUT2D eigenvalue weighted by Gasteiger charge is 2.23. The van der Waals surface area contributed by atoms with Gasteiger partial charge in [-0.25, -0.2) is 0 Å². The van der Waals surface area contributed by atoms with Crippen molar-refractivity contribution in [2.45, 2.75) is 31.1 Å². The Bertz CT molecular complexity index is 962. The van der Waals surface area contributed by atoms with Gasteiger partial charge < -0.3 is 10.1 Å². The molecule has 0 saturated heterocycles. The summed E-state index contributed by atoms with van der Waals surface area (Å²) in [5, 5.41) is 12.8. The predicted octanol–water partition coefficient (Wildman–Crippen LogP) is 5.27. The van der Waals surface area contributed by atoms with E-state index in [-0.39, 0.29) is 6.23 Å². The molecule has 1 aromatic heterocycles. The summed E-state index contributed by atoms with van der Waals surface area (Å²) >= 11 is 1.61. The van der Waals surface area contributed by atoms with Crippen molar-refractivity contribution in [1.82, 2.24) is 15.2 Å². The first-order valence-corrected chi connectivity index (χ1v) is 10.5. The van der Waals surface area contributed by atoms with Crippen molar-refractivity contribution in [3.05, 3.63) is 66.2 Å². The van der Waals surface area contributed by atoms with Crippen LogP contribution in [0.4, 0.5) is 5.69 Å². The molecule has 0 radical (unpaired) electrons. The molecule has 0 bridgehead atoms. The Labute approximate surface area is 169 Å². The Morgan fingerprint density at radius 2 is 1.89 bits per heavy atom. The molecule has 0 fully saturated rings. The number of rotatable bonds is 6. The largest absolute Gasteiger partial charge is 0.448 e. The number of thioether (sulfide) groups is 1. The molecular formula is C22H22N4OS. The van der Waals surface area contributed by atoms with E-state index in [4.69, 9.17) is 4.74 Å². The number of ether oxygens (including phenoxy) is 1. The molecule has 2 aromatic carbocycles. The number of unbranched alkanes of at least 4 members (excludes halogenated alkanes) is 1. The molecule has 4 rings (SSSR count). The van der Waals surface area contributed by atoms with Gasteiger partial charge in [0.05, 0.1) is 0 Å². The Morgan fingerprint density at radius 3 is 2.75 bits per heavy atom. The fourth-order valence-corrected chi connectivity index (χ4v) is 3.75. The number of aromatic nitrogens is 3.